The molecule has 0 saturated carbocycles. The summed E-state index contributed by atoms with van der Waals surface area (Å²) in [5, 5.41) is 10.9. The summed E-state index contributed by atoms with van der Waals surface area (Å²) in [5.74, 6) is 0. The maximum absolute atomic E-state index is 10.9. The zero-order chi connectivity index (χ0) is 17.4. The van der Waals surface area contributed by atoms with Crippen molar-refractivity contribution in [3.63, 3.8) is 0 Å². The predicted molar refractivity (Wildman–Crippen MR) is 103 cm³/mol. The largest absolute Gasteiger partial charge is 0.385 e. The molecule has 1 unspecified atom stereocenters. The summed E-state index contributed by atoms with van der Waals surface area (Å²) in [6.45, 7) is 9.51. The Labute approximate surface area is 147 Å². The van der Waals surface area contributed by atoms with Crippen LogP contribution in [0.25, 0.3) is 11.1 Å². The molecule has 130 valence electrons. The van der Waals surface area contributed by atoms with Crippen LogP contribution in [0.5, 0.6) is 0 Å². The highest BCUT2D eigenvalue weighted by atomic mass is 16.3. The first-order valence-electron chi connectivity index (χ1n) is 9.17. The second-order valence-electron chi connectivity index (χ2n) is 6.81. The maximum Gasteiger partial charge on any atom is 0.0880 e. The van der Waals surface area contributed by atoms with E-state index < -0.39 is 5.60 Å². The van der Waals surface area contributed by atoms with Crippen molar-refractivity contribution in [2.45, 2.75) is 45.6 Å². The summed E-state index contributed by atoms with van der Waals surface area (Å²) in [7, 11) is 0. The molecule has 0 aliphatic carbocycles. The first-order valence-corrected chi connectivity index (χ1v) is 9.17. The van der Waals surface area contributed by atoms with Crippen LogP contribution in [-0.2, 0) is 5.60 Å². The van der Waals surface area contributed by atoms with Crippen LogP contribution >= 0.6 is 0 Å². The van der Waals surface area contributed by atoms with Crippen molar-refractivity contribution < 1.29 is 5.11 Å². The van der Waals surface area contributed by atoms with Gasteiger partial charge in [0, 0.05) is 6.54 Å². The van der Waals surface area contributed by atoms with E-state index in [0.717, 1.165) is 44.5 Å². The fourth-order valence-electron chi connectivity index (χ4n) is 3.14. The summed E-state index contributed by atoms with van der Waals surface area (Å²) in [6.07, 6.45) is 3.08. The van der Waals surface area contributed by atoms with Crippen molar-refractivity contribution in [1.82, 2.24) is 4.90 Å². The molecule has 2 aromatic rings. The Balaban J connectivity index is 2.03. The van der Waals surface area contributed by atoms with Gasteiger partial charge in [-0.25, -0.2) is 0 Å². The summed E-state index contributed by atoms with van der Waals surface area (Å²) in [6, 6.07) is 18.7. The fraction of sp³-hybridized carbons (Fsp3) is 0.455. The Morgan fingerprint density at radius 2 is 1.33 bits per heavy atom. The normalized spacial score (nSPS) is 13.9. The average Bonchev–Trinajstić information content (AvgIpc) is 2.61. The Morgan fingerprint density at radius 3 is 1.88 bits per heavy atom. The van der Waals surface area contributed by atoms with Gasteiger partial charge in [0.05, 0.1) is 5.60 Å². The molecule has 2 nitrogen and oxygen atoms in total. The van der Waals surface area contributed by atoms with Gasteiger partial charge in [0.2, 0.25) is 0 Å². The van der Waals surface area contributed by atoms with Gasteiger partial charge in [0.25, 0.3) is 0 Å². The molecule has 24 heavy (non-hydrogen) atoms. The third-order valence-electron chi connectivity index (χ3n) is 4.61. The molecule has 0 fully saturated rings. The lowest BCUT2D eigenvalue weighted by atomic mass is 9.90. The van der Waals surface area contributed by atoms with E-state index >= 15 is 0 Å². The molecular weight excluding hydrogens is 294 g/mol. The van der Waals surface area contributed by atoms with E-state index in [2.05, 4.69) is 67.3 Å². The van der Waals surface area contributed by atoms with Gasteiger partial charge in [-0.15, -0.1) is 0 Å². The van der Waals surface area contributed by atoms with Crippen LogP contribution in [0.2, 0.25) is 0 Å². The van der Waals surface area contributed by atoms with Gasteiger partial charge < -0.3 is 10.0 Å². The molecule has 0 saturated heterocycles. The lowest BCUT2D eigenvalue weighted by Crippen LogP contribution is -2.32. The molecule has 0 spiro atoms. The van der Waals surface area contributed by atoms with Gasteiger partial charge in [-0.3, -0.25) is 0 Å². The number of nitrogens with zero attached hydrogens (tertiary/aromatic N) is 1. The Hall–Kier alpha value is -1.64. The van der Waals surface area contributed by atoms with Crippen LogP contribution in [0.3, 0.4) is 0 Å². The van der Waals surface area contributed by atoms with Crippen LogP contribution in [-0.4, -0.2) is 29.6 Å². The van der Waals surface area contributed by atoms with Gasteiger partial charge >= 0.3 is 0 Å². The Bertz CT molecular complexity index is 583. The zero-order valence-corrected chi connectivity index (χ0v) is 15.3. The smallest absolute Gasteiger partial charge is 0.0880 e. The highest BCUT2D eigenvalue weighted by Crippen LogP contribution is 2.27. The van der Waals surface area contributed by atoms with Crippen LogP contribution < -0.4 is 0 Å². The molecule has 0 aliphatic heterocycles. The molecule has 0 amide bonds. The fourth-order valence-corrected chi connectivity index (χ4v) is 3.14. The Morgan fingerprint density at radius 1 is 0.792 bits per heavy atom. The van der Waals surface area contributed by atoms with Crippen molar-refractivity contribution in [2.75, 3.05) is 19.6 Å². The van der Waals surface area contributed by atoms with Crippen molar-refractivity contribution >= 4 is 0 Å². The average molecular weight is 325 g/mol. The molecule has 0 aromatic heterocycles. The summed E-state index contributed by atoms with van der Waals surface area (Å²) in [4.78, 5) is 2.45. The molecule has 2 heteroatoms. The van der Waals surface area contributed by atoms with Crippen LogP contribution in [0.4, 0.5) is 0 Å². The second-order valence-corrected chi connectivity index (χ2v) is 6.81. The van der Waals surface area contributed by atoms with E-state index in [1.54, 1.807) is 0 Å². The van der Waals surface area contributed by atoms with Gasteiger partial charge in [-0.1, -0.05) is 68.4 Å². The van der Waals surface area contributed by atoms with Crippen molar-refractivity contribution in [3.8, 4) is 11.1 Å². The molecule has 0 bridgehead atoms. The van der Waals surface area contributed by atoms with Crippen molar-refractivity contribution in [3.05, 3.63) is 60.2 Å². The predicted octanol–water partition coefficient (Wildman–Crippen LogP) is 5.07. The number of hydrogen-bond acceptors (Lipinski definition) is 2. The van der Waals surface area contributed by atoms with Gasteiger partial charge in [-0.05, 0) is 56.0 Å². The van der Waals surface area contributed by atoms with Gasteiger partial charge in [-0.2, -0.15) is 0 Å². The molecule has 2 aromatic carbocycles. The highest BCUT2D eigenvalue weighted by molar-refractivity contribution is 5.63. The molecule has 0 radical (unpaired) electrons. The zero-order valence-electron chi connectivity index (χ0n) is 15.3. The van der Waals surface area contributed by atoms with E-state index in [4.69, 9.17) is 0 Å². The van der Waals surface area contributed by atoms with Crippen LogP contribution in [0.15, 0.2) is 54.6 Å². The quantitative estimate of drug-likeness (QED) is 0.695. The van der Waals surface area contributed by atoms with Crippen LogP contribution in [0, 0.1) is 0 Å². The van der Waals surface area contributed by atoms with E-state index in [-0.39, 0.29) is 0 Å². The standard InChI is InChI=1S/C22H31NO/c1-4-16-23(17-5-2)18-15-22(3,24)21-13-11-20(12-14-21)19-9-7-6-8-10-19/h6-14,24H,4-5,15-18H2,1-3H3. The topological polar surface area (TPSA) is 23.5 Å². The number of hydrogen-bond donors (Lipinski definition) is 1. The highest BCUT2D eigenvalue weighted by Gasteiger charge is 2.23. The molecular formula is C22H31NO. The van der Waals surface area contributed by atoms with E-state index in [9.17, 15) is 5.11 Å². The molecule has 0 heterocycles. The summed E-state index contributed by atoms with van der Waals surface area (Å²) < 4.78 is 0. The third kappa shape index (κ3) is 5.19. The van der Waals surface area contributed by atoms with Crippen molar-refractivity contribution in [2.24, 2.45) is 0 Å². The molecule has 2 rings (SSSR count). The minimum absolute atomic E-state index is 0.762. The van der Waals surface area contributed by atoms with Crippen LogP contribution in [0.1, 0.15) is 45.6 Å². The molecule has 1 N–H and O–H groups in total. The maximum atomic E-state index is 10.9. The van der Waals surface area contributed by atoms with Crippen molar-refractivity contribution in [1.29, 1.82) is 0 Å². The van der Waals surface area contributed by atoms with E-state index in [1.165, 1.54) is 11.1 Å². The number of benzene rings is 2. The first-order chi connectivity index (χ1) is 11.6. The molecule has 1 atom stereocenters. The van der Waals surface area contributed by atoms with E-state index in [1.807, 2.05) is 13.0 Å². The Kier molecular flexibility index (Phi) is 7.01. The first kappa shape index (κ1) is 18.7. The van der Waals surface area contributed by atoms with E-state index in [0.29, 0.717) is 0 Å². The monoisotopic (exact) mass is 325 g/mol. The summed E-state index contributed by atoms with van der Waals surface area (Å²) in [5.41, 5.74) is 2.61. The lowest BCUT2D eigenvalue weighted by molar-refractivity contribution is 0.0358. The SMILES string of the molecule is CCCN(CCC)CCC(C)(O)c1ccc(-c2ccccc2)cc1. The lowest BCUT2D eigenvalue weighted by Gasteiger charge is -2.28. The number of rotatable bonds is 9. The third-order valence-corrected chi connectivity index (χ3v) is 4.61. The van der Waals surface area contributed by atoms with Gasteiger partial charge in [0.1, 0.15) is 0 Å². The minimum atomic E-state index is -0.783. The second kappa shape index (κ2) is 9.00. The molecule has 0 aliphatic rings. The minimum Gasteiger partial charge on any atom is -0.385 e. The number of aliphatic hydroxyl groups is 1. The van der Waals surface area contributed by atoms with Gasteiger partial charge in [0.15, 0.2) is 0 Å². The summed E-state index contributed by atoms with van der Waals surface area (Å²) >= 11 is 0.